The van der Waals surface area contributed by atoms with Gasteiger partial charge in [-0.1, -0.05) is 27.7 Å². The molecule has 0 saturated carbocycles. The zero-order valence-corrected chi connectivity index (χ0v) is 7.85. The van der Waals surface area contributed by atoms with Crippen LogP contribution in [-0.2, 0) is 0 Å². The number of hydrogen-bond donors (Lipinski definition) is 0. The third-order valence-corrected chi connectivity index (χ3v) is 4.67. The van der Waals surface area contributed by atoms with Crippen molar-refractivity contribution in [1.29, 1.82) is 0 Å². The van der Waals surface area contributed by atoms with E-state index >= 15 is 0 Å². The van der Waals surface area contributed by atoms with Gasteiger partial charge in [0.15, 0.2) is 0 Å². The monoisotopic (exact) mass is 174 g/mol. The summed E-state index contributed by atoms with van der Waals surface area (Å²) < 4.78 is 0. The van der Waals surface area contributed by atoms with Crippen molar-refractivity contribution in [2.45, 2.75) is 30.9 Å². The van der Waals surface area contributed by atoms with Gasteiger partial charge in [-0.05, 0) is 25.7 Å². The normalized spacial score (nSPS) is 25.0. The van der Waals surface area contributed by atoms with Crippen LogP contribution in [-0.4, -0.2) is 11.0 Å². The summed E-state index contributed by atoms with van der Waals surface area (Å²) in [6.45, 7) is 3.71. The Balaban J connectivity index is 1.96. The molecular formula is C8H14S2. The average Bonchev–Trinajstić information content (AvgIpc) is 2.41. The maximum absolute atomic E-state index is 3.71. The van der Waals surface area contributed by atoms with Crippen LogP contribution >= 0.6 is 21.6 Å². The van der Waals surface area contributed by atoms with Crippen LogP contribution in [0.25, 0.3) is 0 Å². The van der Waals surface area contributed by atoms with E-state index in [1.165, 1.54) is 31.4 Å². The van der Waals surface area contributed by atoms with Crippen LogP contribution in [0, 0.1) is 0 Å². The highest BCUT2D eigenvalue weighted by atomic mass is 33.1. The molecule has 0 aromatic heterocycles. The molecule has 0 aromatic carbocycles. The van der Waals surface area contributed by atoms with E-state index < -0.39 is 0 Å². The molecule has 0 amide bonds. The SMILES string of the molecule is C=CCCCC1CCSS1. The fourth-order valence-corrected chi connectivity index (χ4v) is 4.08. The number of rotatable bonds is 4. The Morgan fingerprint density at radius 1 is 1.60 bits per heavy atom. The van der Waals surface area contributed by atoms with E-state index in [4.69, 9.17) is 0 Å². The second kappa shape index (κ2) is 5.14. The molecule has 0 bridgehead atoms. The van der Waals surface area contributed by atoms with Gasteiger partial charge in [0.2, 0.25) is 0 Å². The first-order chi connectivity index (χ1) is 4.93. The molecule has 0 radical (unpaired) electrons. The number of unbranched alkanes of at least 4 members (excludes halogenated alkanes) is 1. The fraction of sp³-hybridized carbons (Fsp3) is 0.750. The molecule has 0 aliphatic carbocycles. The van der Waals surface area contributed by atoms with Crippen molar-refractivity contribution < 1.29 is 0 Å². The molecule has 0 N–H and O–H groups in total. The van der Waals surface area contributed by atoms with E-state index in [0.29, 0.717) is 0 Å². The van der Waals surface area contributed by atoms with Crippen LogP contribution in [0.15, 0.2) is 12.7 Å². The maximum atomic E-state index is 3.71. The highest BCUT2D eigenvalue weighted by Gasteiger charge is 2.14. The van der Waals surface area contributed by atoms with Gasteiger partial charge in [-0.3, -0.25) is 0 Å². The van der Waals surface area contributed by atoms with Gasteiger partial charge < -0.3 is 0 Å². The van der Waals surface area contributed by atoms with E-state index in [0.717, 1.165) is 5.25 Å². The summed E-state index contributed by atoms with van der Waals surface area (Å²) in [6.07, 6.45) is 7.37. The Hall–Kier alpha value is 0.440. The average molecular weight is 174 g/mol. The minimum absolute atomic E-state index is 0.949. The third-order valence-electron chi connectivity index (χ3n) is 1.66. The molecule has 1 heterocycles. The molecule has 0 aromatic rings. The number of hydrogen-bond acceptors (Lipinski definition) is 2. The summed E-state index contributed by atoms with van der Waals surface area (Å²) in [6, 6.07) is 0. The molecular weight excluding hydrogens is 160 g/mol. The minimum Gasteiger partial charge on any atom is -0.103 e. The lowest BCUT2D eigenvalue weighted by atomic mass is 10.1. The number of allylic oxidation sites excluding steroid dienone is 1. The summed E-state index contributed by atoms with van der Waals surface area (Å²) in [5, 5.41) is 0.949. The highest BCUT2D eigenvalue weighted by Crippen LogP contribution is 2.39. The summed E-state index contributed by atoms with van der Waals surface area (Å²) in [7, 11) is 4.11. The zero-order valence-electron chi connectivity index (χ0n) is 6.21. The topological polar surface area (TPSA) is 0 Å². The van der Waals surface area contributed by atoms with Gasteiger partial charge >= 0.3 is 0 Å². The van der Waals surface area contributed by atoms with E-state index in [2.05, 4.69) is 17.4 Å². The summed E-state index contributed by atoms with van der Waals surface area (Å²) in [4.78, 5) is 0. The van der Waals surface area contributed by atoms with Gasteiger partial charge in [0.1, 0.15) is 0 Å². The first-order valence-corrected chi connectivity index (χ1v) is 6.21. The van der Waals surface area contributed by atoms with E-state index in [-0.39, 0.29) is 0 Å². The lowest BCUT2D eigenvalue weighted by Crippen LogP contribution is -1.95. The Labute approximate surface area is 71.2 Å². The molecule has 0 nitrogen and oxygen atoms in total. The van der Waals surface area contributed by atoms with Crippen molar-refractivity contribution in [3.8, 4) is 0 Å². The molecule has 1 saturated heterocycles. The van der Waals surface area contributed by atoms with Gasteiger partial charge in [-0.25, -0.2) is 0 Å². The van der Waals surface area contributed by atoms with Crippen LogP contribution in [0.5, 0.6) is 0 Å². The largest absolute Gasteiger partial charge is 0.103 e. The maximum Gasteiger partial charge on any atom is 0.0159 e. The van der Waals surface area contributed by atoms with E-state index in [1.54, 1.807) is 0 Å². The second-order valence-corrected chi connectivity index (χ2v) is 5.34. The molecule has 2 heteroatoms. The lowest BCUT2D eigenvalue weighted by Gasteiger charge is -2.03. The quantitative estimate of drug-likeness (QED) is 0.363. The molecule has 10 heavy (non-hydrogen) atoms. The Bertz CT molecular complexity index is 95.4. The molecule has 1 fully saturated rings. The predicted molar refractivity (Wildman–Crippen MR) is 52.5 cm³/mol. The molecule has 1 aliphatic rings. The Morgan fingerprint density at radius 3 is 3.10 bits per heavy atom. The van der Waals surface area contributed by atoms with E-state index in [9.17, 15) is 0 Å². The first kappa shape index (κ1) is 8.54. The van der Waals surface area contributed by atoms with Gasteiger partial charge in [0.05, 0.1) is 0 Å². The minimum atomic E-state index is 0.949. The van der Waals surface area contributed by atoms with Crippen LogP contribution in [0.2, 0.25) is 0 Å². The van der Waals surface area contributed by atoms with E-state index in [1.807, 2.05) is 16.9 Å². The van der Waals surface area contributed by atoms with Gasteiger partial charge in [0, 0.05) is 11.0 Å². The Morgan fingerprint density at radius 2 is 2.50 bits per heavy atom. The zero-order chi connectivity index (χ0) is 7.23. The van der Waals surface area contributed by atoms with Gasteiger partial charge in [-0.15, -0.1) is 6.58 Å². The summed E-state index contributed by atoms with van der Waals surface area (Å²) in [5.41, 5.74) is 0. The first-order valence-electron chi connectivity index (χ1n) is 3.82. The molecule has 1 rings (SSSR count). The van der Waals surface area contributed by atoms with Crippen molar-refractivity contribution in [3.63, 3.8) is 0 Å². The van der Waals surface area contributed by atoms with Crippen LogP contribution in [0.1, 0.15) is 25.7 Å². The van der Waals surface area contributed by atoms with Gasteiger partial charge in [0.25, 0.3) is 0 Å². The molecule has 1 unspecified atom stereocenters. The lowest BCUT2D eigenvalue weighted by molar-refractivity contribution is 0.701. The fourth-order valence-electron chi connectivity index (χ4n) is 1.05. The predicted octanol–water partition coefficient (Wildman–Crippen LogP) is 3.50. The van der Waals surface area contributed by atoms with Gasteiger partial charge in [-0.2, -0.15) is 0 Å². The summed E-state index contributed by atoms with van der Waals surface area (Å²) in [5.74, 6) is 1.36. The van der Waals surface area contributed by atoms with Crippen molar-refractivity contribution in [1.82, 2.24) is 0 Å². The second-order valence-electron chi connectivity index (χ2n) is 2.55. The van der Waals surface area contributed by atoms with Crippen LogP contribution < -0.4 is 0 Å². The highest BCUT2D eigenvalue weighted by molar-refractivity contribution is 8.77. The molecule has 1 aliphatic heterocycles. The molecule has 0 spiro atoms. The molecule has 1 atom stereocenters. The van der Waals surface area contributed by atoms with Crippen molar-refractivity contribution in [2.75, 3.05) is 5.75 Å². The molecule has 58 valence electrons. The van der Waals surface area contributed by atoms with Crippen molar-refractivity contribution in [2.24, 2.45) is 0 Å². The van der Waals surface area contributed by atoms with Crippen molar-refractivity contribution >= 4 is 21.6 Å². The smallest absolute Gasteiger partial charge is 0.0159 e. The standard InChI is InChI=1S/C8H14S2/c1-2-3-4-5-8-6-7-9-10-8/h2,8H,1,3-7H2. The third kappa shape index (κ3) is 3.02. The van der Waals surface area contributed by atoms with Crippen LogP contribution in [0.3, 0.4) is 0 Å². The van der Waals surface area contributed by atoms with Crippen LogP contribution in [0.4, 0.5) is 0 Å². The summed E-state index contributed by atoms with van der Waals surface area (Å²) >= 11 is 0. The Kier molecular flexibility index (Phi) is 4.39. The van der Waals surface area contributed by atoms with Crippen molar-refractivity contribution in [3.05, 3.63) is 12.7 Å².